The maximum absolute atomic E-state index is 15.1. The lowest BCUT2D eigenvalue weighted by Gasteiger charge is -2.14. The Morgan fingerprint density at radius 2 is 0.591 bits per heavy atom. The molecule has 0 fully saturated rings. The molecular formula is C56H38N8O2. The van der Waals surface area contributed by atoms with Gasteiger partial charge in [0.15, 0.2) is 0 Å². The fourth-order valence-electron chi connectivity index (χ4n) is 10.2. The molecule has 0 unspecified atom stereocenters. The Hall–Kier alpha value is -9.28. The molecule has 0 aliphatic rings. The van der Waals surface area contributed by atoms with E-state index < -0.39 is 0 Å². The first kappa shape index (κ1) is 37.3. The van der Waals surface area contributed by atoms with E-state index in [1.807, 2.05) is 121 Å². The van der Waals surface area contributed by atoms with E-state index >= 15 is 9.59 Å². The molecule has 0 amide bonds. The van der Waals surface area contributed by atoms with Crippen molar-refractivity contribution < 1.29 is 0 Å². The zero-order valence-corrected chi connectivity index (χ0v) is 35.3. The molecule has 0 saturated heterocycles. The number of nitrogens with zero attached hydrogens (tertiary/aromatic N) is 6. The predicted octanol–water partition coefficient (Wildman–Crippen LogP) is 11.2. The number of rotatable bonds is 6. The largest absolute Gasteiger partial charge is 0.397 e. The molecule has 66 heavy (non-hydrogen) atoms. The van der Waals surface area contributed by atoms with Gasteiger partial charge in [-0.2, -0.15) is 0 Å². The fraction of sp³-hybridized carbons (Fsp3) is 0. The van der Waals surface area contributed by atoms with Crippen molar-refractivity contribution in [2.24, 2.45) is 0 Å². The van der Waals surface area contributed by atoms with Crippen LogP contribution in [-0.4, -0.2) is 27.4 Å². The number of fused-ring (bicyclic) bond motifs is 8. The van der Waals surface area contributed by atoms with Gasteiger partial charge in [0.05, 0.1) is 78.3 Å². The topological polar surface area (TPSA) is 116 Å². The van der Waals surface area contributed by atoms with Crippen molar-refractivity contribution in [3.63, 3.8) is 0 Å². The van der Waals surface area contributed by atoms with Crippen LogP contribution >= 0.6 is 0 Å². The van der Waals surface area contributed by atoms with Gasteiger partial charge in [-0.15, -0.1) is 0 Å². The zero-order chi connectivity index (χ0) is 44.2. The third kappa shape index (κ3) is 5.29. The molecule has 4 aromatic heterocycles. The van der Waals surface area contributed by atoms with Crippen molar-refractivity contribution in [1.82, 2.24) is 27.4 Å². The summed E-state index contributed by atoms with van der Waals surface area (Å²) in [6, 6.07) is 68.2. The van der Waals surface area contributed by atoms with Crippen molar-refractivity contribution in [1.29, 1.82) is 0 Å². The molecule has 0 bridgehead atoms. The van der Waals surface area contributed by atoms with Crippen LogP contribution in [0.1, 0.15) is 0 Å². The molecule has 0 spiro atoms. The molecule has 9 aromatic carbocycles. The van der Waals surface area contributed by atoms with Gasteiger partial charge in [0.25, 0.3) is 0 Å². The van der Waals surface area contributed by atoms with Crippen molar-refractivity contribution >= 4 is 77.1 Å². The summed E-state index contributed by atoms with van der Waals surface area (Å²) >= 11 is 0. The summed E-state index contributed by atoms with van der Waals surface area (Å²) in [5.74, 6) is 0. The molecule has 314 valence electrons. The molecule has 10 nitrogen and oxygen atoms in total. The van der Waals surface area contributed by atoms with Gasteiger partial charge < -0.3 is 20.6 Å². The van der Waals surface area contributed by atoms with E-state index in [0.29, 0.717) is 56.2 Å². The van der Waals surface area contributed by atoms with Crippen LogP contribution in [0.5, 0.6) is 0 Å². The monoisotopic (exact) mass is 854 g/mol. The van der Waals surface area contributed by atoms with Crippen molar-refractivity contribution in [3.05, 3.63) is 227 Å². The van der Waals surface area contributed by atoms with Crippen molar-refractivity contribution in [3.8, 4) is 34.1 Å². The summed E-state index contributed by atoms with van der Waals surface area (Å²) in [7, 11) is 0. The average molecular weight is 855 g/mol. The molecule has 13 rings (SSSR count). The average Bonchev–Trinajstić information content (AvgIpc) is 4.05. The lowest BCUT2D eigenvalue weighted by molar-refractivity contribution is 0.917. The van der Waals surface area contributed by atoms with Gasteiger partial charge >= 0.3 is 11.4 Å². The number of para-hydroxylation sites is 8. The highest BCUT2D eigenvalue weighted by molar-refractivity contribution is 6.11. The summed E-state index contributed by atoms with van der Waals surface area (Å²) in [4.78, 5) is 30.2. The lowest BCUT2D eigenvalue weighted by atomic mass is 10.1. The van der Waals surface area contributed by atoms with E-state index in [9.17, 15) is 0 Å². The molecule has 0 saturated carbocycles. The SMILES string of the molecule is Nc1cc(N)c(-n2c(=O)n(-c3ccc4c(c3)c3ccccc3n4-c3ccccc3)c3ccccc32)cc1-n1c(=O)n(-c2ccc3c(c2)c2ccccc2n3-c2ccccc2)c2ccccc21. The van der Waals surface area contributed by atoms with Gasteiger partial charge in [-0.3, -0.25) is 18.3 Å². The molecule has 4 heterocycles. The smallest absolute Gasteiger partial charge is 0.338 e. The van der Waals surface area contributed by atoms with Crippen molar-refractivity contribution in [2.75, 3.05) is 11.5 Å². The maximum atomic E-state index is 15.1. The van der Waals surface area contributed by atoms with Crippen LogP contribution in [-0.2, 0) is 0 Å². The highest BCUT2D eigenvalue weighted by atomic mass is 16.2. The Kier molecular flexibility index (Phi) is 7.98. The highest BCUT2D eigenvalue weighted by Crippen LogP contribution is 2.37. The number of hydrogen-bond donors (Lipinski definition) is 2. The summed E-state index contributed by atoms with van der Waals surface area (Å²) < 4.78 is 11.2. The summed E-state index contributed by atoms with van der Waals surface area (Å²) in [5, 5.41) is 4.18. The molecule has 0 aliphatic heterocycles. The lowest BCUT2D eigenvalue weighted by Crippen LogP contribution is -2.25. The first-order valence-corrected chi connectivity index (χ1v) is 21.8. The Labute approximate surface area is 375 Å². The van der Waals surface area contributed by atoms with Gasteiger partial charge in [-0.25, -0.2) is 9.59 Å². The van der Waals surface area contributed by atoms with Gasteiger partial charge in [-0.05, 0) is 109 Å². The highest BCUT2D eigenvalue weighted by Gasteiger charge is 2.24. The Morgan fingerprint density at radius 1 is 0.258 bits per heavy atom. The summed E-state index contributed by atoms with van der Waals surface area (Å²) in [6.07, 6.45) is 0. The third-order valence-electron chi connectivity index (χ3n) is 13.0. The zero-order valence-electron chi connectivity index (χ0n) is 35.3. The van der Waals surface area contributed by atoms with Gasteiger partial charge in [-0.1, -0.05) is 97.1 Å². The van der Waals surface area contributed by atoms with Crippen LogP contribution in [0, 0.1) is 0 Å². The molecule has 0 radical (unpaired) electrons. The van der Waals surface area contributed by atoms with E-state index in [4.69, 9.17) is 11.5 Å². The Bertz CT molecular complexity index is 3970. The van der Waals surface area contributed by atoms with E-state index in [1.54, 1.807) is 30.4 Å². The van der Waals surface area contributed by atoms with E-state index in [0.717, 1.165) is 55.0 Å². The number of aromatic nitrogens is 6. The number of anilines is 2. The quantitative estimate of drug-likeness (QED) is 0.162. The molecule has 4 N–H and O–H groups in total. The van der Waals surface area contributed by atoms with Crippen molar-refractivity contribution in [2.45, 2.75) is 0 Å². The Balaban J connectivity index is 0.993. The minimum absolute atomic E-state index is 0.291. The number of imidazole rings is 2. The van der Waals surface area contributed by atoms with Gasteiger partial charge in [0.2, 0.25) is 0 Å². The molecule has 10 heteroatoms. The second-order valence-corrected chi connectivity index (χ2v) is 16.6. The predicted molar refractivity (Wildman–Crippen MR) is 269 cm³/mol. The van der Waals surface area contributed by atoms with E-state index in [-0.39, 0.29) is 11.4 Å². The van der Waals surface area contributed by atoms with Crippen LogP contribution < -0.4 is 22.8 Å². The Morgan fingerprint density at radius 3 is 1.00 bits per heavy atom. The molecule has 13 aromatic rings. The standard InChI is InChI=1S/C56H38N8O2/c57-43-33-44(58)54(64-52-26-14-12-24-50(52)62(56(64)66)38-28-30-48-42(32-38)40-20-8-10-22-46(40)60(48)36-17-5-2-6-18-36)34-53(43)63-51-25-13-11-23-49(51)61(55(63)65)37-27-29-47-41(31-37)39-19-7-9-21-45(39)59(47)35-15-3-1-4-16-35/h1-34H,57-58H2. The first-order chi connectivity index (χ1) is 32.4. The van der Waals surface area contributed by atoms with E-state index in [1.165, 1.54) is 0 Å². The van der Waals surface area contributed by atoms with Gasteiger partial charge in [0, 0.05) is 32.9 Å². The molecular weight excluding hydrogens is 817 g/mol. The minimum Gasteiger partial charge on any atom is -0.397 e. The first-order valence-electron chi connectivity index (χ1n) is 21.8. The summed E-state index contributed by atoms with van der Waals surface area (Å²) in [6.45, 7) is 0. The van der Waals surface area contributed by atoms with Crippen LogP contribution in [0.25, 0.3) is 99.8 Å². The number of nitrogen functional groups attached to an aromatic ring is 2. The maximum Gasteiger partial charge on any atom is 0.338 e. The molecule has 0 atom stereocenters. The fourth-order valence-corrected chi connectivity index (χ4v) is 10.2. The van der Waals surface area contributed by atoms with E-state index in [2.05, 4.69) is 81.9 Å². The van der Waals surface area contributed by atoms with Crippen LogP contribution in [0.2, 0.25) is 0 Å². The van der Waals surface area contributed by atoms with Gasteiger partial charge in [0.1, 0.15) is 0 Å². The third-order valence-corrected chi connectivity index (χ3v) is 13.0. The number of nitrogens with two attached hydrogens (primary N) is 2. The summed E-state index contributed by atoms with van der Waals surface area (Å²) in [5.41, 5.74) is 24.8. The second kappa shape index (κ2) is 14.1. The minimum atomic E-state index is -0.317. The molecule has 0 aliphatic carbocycles. The number of benzene rings is 9. The van der Waals surface area contributed by atoms with Crippen LogP contribution in [0.3, 0.4) is 0 Å². The van der Waals surface area contributed by atoms with Crippen LogP contribution in [0.15, 0.2) is 216 Å². The second-order valence-electron chi connectivity index (χ2n) is 16.6. The van der Waals surface area contributed by atoms with Crippen LogP contribution in [0.4, 0.5) is 11.4 Å². The normalized spacial score (nSPS) is 11.9. The number of hydrogen-bond acceptors (Lipinski definition) is 4.